The van der Waals surface area contributed by atoms with Crippen LogP contribution >= 0.6 is 11.3 Å². The van der Waals surface area contributed by atoms with Crippen LogP contribution in [0.1, 0.15) is 10.4 Å². The average molecular weight is 280 g/mol. The van der Waals surface area contributed by atoms with Gasteiger partial charge < -0.3 is 0 Å². The second kappa shape index (κ2) is 4.01. The van der Waals surface area contributed by atoms with Gasteiger partial charge in [-0.1, -0.05) is 12.1 Å². The number of Topliss-reactive ketones (excluding diaryl/α,β-unsaturated/α-hetero) is 1. The maximum atomic E-state index is 13.0. The number of carbonyl (C=O) groups excluding carboxylic acids is 1. The Bertz CT molecular complexity index is 599. The molecule has 18 heavy (non-hydrogen) atoms. The fourth-order valence-electron chi connectivity index (χ4n) is 1.47. The van der Waals surface area contributed by atoms with Gasteiger partial charge in [0.2, 0.25) is 5.78 Å². The third-order valence-electron chi connectivity index (χ3n) is 2.36. The van der Waals surface area contributed by atoms with Gasteiger partial charge in [-0.05, 0) is 22.9 Å². The van der Waals surface area contributed by atoms with Gasteiger partial charge in [0.15, 0.2) is 0 Å². The van der Waals surface area contributed by atoms with Gasteiger partial charge in [0, 0.05) is 10.3 Å². The Labute approximate surface area is 102 Å². The van der Waals surface area contributed by atoms with Crippen molar-refractivity contribution in [2.45, 2.75) is 12.1 Å². The van der Waals surface area contributed by atoms with E-state index in [1.807, 2.05) is 0 Å². The van der Waals surface area contributed by atoms with E-state index in [1.54, 1.807) is 6.07 Å². The van der Waals surface area contributed by atoms with E-state index in [9.17, 15) is 26.7 Å². The maximum Gasteiger partial charge on any atom is 0.461 e. The second-order valence-electron chi connectivity index (χ2n) is 3.55. The van der Waals surface area contributed by atoms with Crippen molar-refractivity contribution < 1.29 is 26.7 Å². The Morgan fingerprint density at radius 1 is 1.06 bits per heavy atom. The van der Waals surface area contributed by atoms with E-state index in [2.05, 4.69) is 0 Å². The van der Waals surface area contributed by atoms with Crippen LogP contribution in [0.4, 0.5) is 22.0 Å². The number of rotatable bonds is 2. The summed E-state index contributed by atoms with van der Waals surface area (Å²) in [6, 6.07) is 5.33. The van der Waals surface area contributed by atoms with E-state index >= 15 is 0 Å². The predicted octanol–water partition coefficient (Wildman–Crippen LogP) is 4.28. The summed E-state index contributed by atoms with van der Waals surface area (Å²) in [5.74, 6) is -7.59. The molecule has 1 nitrogen and oxygen atoms in total. The van der Waals surface area contributed by atoms with E-state index < -0.39 is 23.4 Å². The van der Waals surface area contributed by atoms with Crippen LogP contribution in [0, 0.1) is 0 Å². The first-order valence-corrected chi connectivity index (χ1v) is 5.58. The van der Waals surface area contributed by atoms with Crippen molar-refractivity contribution in [3.63, 3.8) is 0 Å². The molecule has 96 valence electrons. The zero-order valence-corrected chi connectivity index (χ0v) is 9.41. The zero-order valence-electron chi connectivity index (χ0n) is 8.59. The molecule has 0 aliphatic rings. The first-order chi connectivity index (χ1) is 8.25. The van der Waals surface area contributed by atoms with Gasteiger partial charge in [-0.25, -0.2) is 0 Å². The number of fused-ring (bicyclic) bond motifs is 1. The van der Waals surface area contributed by atoms with Gasteiger partial charge in [-0.2, -0.15) is 22.0 Å². The number of alkyl halides is 5. The van der Waals surface area contributed by atoms with E-state index in [1.165, 1.54) is 17.5 Å². The fraction of sp³-hybridized carbons (Fsp3) is 0.182. The Morgan fingerprint density at radius 2 is 1.72 bits per heavy atom. The number of benzene rings is 1. The Morgan fingerprint density at radius 3 is 2.33 bits per heavy atom. The number of ketones is 1. The predicted molar refractivity (Wildman–Crippen MR) is 57.2 cm³/mol. The molecule has 0 aliphatic carbocycles. The van der Waals surface area contributed by atoms with Crippen molar-refractivity contribution in [3.05, 3.63) is 35.2 Å². The Balaban J connectivity index is 2.56. The van der Waals surface area contributed by atoms with Gasteiger partial charge in [0.05, 0.1) is 0 Å². The number of carbonyl (C=O) groups is 1. The molecule has 0 bridgehead atoms. The van der Waals surface area contributed by atoms with Gasteiger partial charge in [0.25, 0.3) is 0 Å². The first kappa shape index (κ1) is 12.9. The minimum Gasteiger partial charge on any atom is -0.287 e. The Hall–Kier alpha value is -1.50. The summed E-state index contributed by atoms with van der Waals surface area (Å²) >= 11 is 0.947. The van der Waals surface area contributed by atoms with Gasteiger partial charge in [-0.3, -0.25) is 4.79 Å². The van der Waals surface area contributed by atoms with Crippen LogP contribution in [0.3, 0.4) is 0 Å². The van der Waals surface area contributed by atoms with Crippen LogP contribution < -0.4 is 0 Å². The lowest BCUT2D eigenvalue weighted by atomic mass is 10.0. The third-order valence-corrected chi connectivity index (χ3v) is 3.33. The summed E-state index contributed by atoms with van der Waals surface area (Å²) in [4.78, 5) is 11.4. The lowest BCUT2D eigenvalue weighted by molar-refractivity contribution is -0.255. The monoisotopic (exact) mass is 280 g/mol. The summed E-state index contributed by atoms with van der Waals surface area (Å²) in [7, 11) is 0. The molecule has 0 spiro atoms. The van der Waals surface area contributed by atoms with Crippen LogP contribution in [0.15, 0.2) is 29.6 Å². The van der Waals surface area contributed by atoms with Crippen molar-refractivity contribution in [1.29, 1.82) is 0 Å². The highest BCUT2D eigenvalue weighted by molar-refractivity contribution is 7.17. The standard InChI is InChI=1S/C11H5F5OS/c12-10(13,11(14,15)16)9(17)7-3-1-2-6-4-5-18-8(6)7/h1-5H. The molecular weight excluding hydrogens is 275 g/mol. The van der Waals surface area contributed by atoms with Crippen LogP contribution in [0.5, 0.6) is 0 Å². The quantitative estimate of drug-likeness (QED) is 0.592. The molecule has 0 N–H and O–H groups in total. The van der Waals surface area contributed by atoms with Crippen molar-refractivity contribution in [3.8, 4) is 0 Å². The number of thiophene rings is 1. The molecule has 7 heteroatoms. The lowest BCUT2D eigenvalue weighted by Gasteiger charge is -2.18. The van der Waals surface area contributed by atoms with Gasteiger partial charge in [-0.15, -0.1) is 11.3 Å². The molecule has 0 amide bonds. The molecule has 2 aromatic rings. The van der Waals surface area contributed by atoms with Gasteiger partial charge >= 0.3 is 12.1 Å². The van der Waals surface area contributed by atoms with Gasteiger partial charge in [0.1, 0.15) is 0 Å². The highest BCUT2D eigenvalue weighted by Gasteiger charge is 2.63. The lowest BCUT2D eigenvalue weighted by Crippen LogP contribution is -2.44. The molecule has 0 saturated carbocycles. The molecule has 1 aromatic heterocycles. The third kappa shape index (κ3) is 1.88. The number of hydrogen-bond donors (Lipinski definition) is 0. The van der Waals surface area contributed by atoms with E-state index in [-0.39, 0.29) is 4.70 Å². The minimum absolute atomic E-state index is 0.131. The van der Waals surface area contributed by atoms with Crippen LogP contribution in [-0.2, 0) is 0 Å². The van der Waals surface area contributed by atoms with Crippen molar-refractivity contribution >= 4 is 27.2 Å². The molecule has 0 aliphatic heterocycles. The van der Waals surface area contributed by atoms with Crippen molar-refractivity contribution in [2.75, 3.05) is 0 Å². The SMILES string of the molecule is O=C(c1cccc2ccsc12)C(F)(F)C(F)(F)F. The number of hydrogen-bond acceptors (Lipinski definition) is 2. The summed E-state index contributed by atoms with van der Waals surface area (Å²) in [5.41, 5.74) is -0.607. The van der Waals surface area contributed by atoms with E-state index in [0.717, 1.165) is 17.4 Å². The van der Waals surface area contributed by atoms with Crippen LogP contribution in [0.25, 0.3) is 10.1 Å². The topological polar surface area (TPSA) is 17.1 Å². The largest absolute Gasteiger partial charge is 0.461 e. The summed E-state index contributed by atoms with van der Waals surface area (Å²) in [6.45, 7) is 0. The molecule has 0 radical (unpaired) electrons. The molecule has 0 saturated heterocycles. The molecule has 0 atom stereocenters. The van der Waals surface area contributed by atoms with E-state index in [4.69, 9.17) is 0 Å². The summed E-state index contributed by atoms with van der Waals surface area (Å²) < 4.78 is 62.5. The van der Waals surface area contributed by atoms with Crippen LogP contribution in [0.2, 0.25) is 0 Å². The molecule has 1 heterocycles. The highest BCUT2D eigenvalue weighted by atomic mass is 32.1. The fourth-order valence-corrected chi connectivity index (χ4v) is 2.38. The molecule has 0 unspecified atom stereocenters. The van der Waals surface area contributed by atoms with Crippen molar-refractivity contribution in [2.24, 2.45) is 0 Å². The molecule has 0 fully saturated rings. The van der Waals surface area contributed by atoms with Crippen LogP contribution in [-0.4, -0.2) is 17.9 Å². The smallest absolute Gasteiger partial charge is 0.287 e. The highest BCUT2D eigenvalue weighted by Crippen LogP contribution is 2.39. The molecular formula is C11H5F5OS. The average Bonchev–Trinajstić information content (AvgIpc) is 2.73. The molecule has 2 rings (SSSR count). The Kier molecular flexibility index (Phi) is 2.89. The van der Waals surface area contributed by atoms with Crippen molar-refractivity contribution in [1.82, 2.24) is 0 Å². The maximum absolute atomic E-state index is 13.0. The zero-order chi connectivity index (χ0) is 13.6. The summed E-state index contributed by atoms with van der Waals surface area (Å²) in [5, 5.41) is 1.98. The van der Waals surface area contributed by atoms with E-state index in [0.29, 0.717) is 5.39 Å². The molecule has 1 aromatic carbocycles. The summed E-state index contributed by atoms with van der Waals surface area (Å²) in [6.07, 6.45) is -5.89. The first-order valence-electron chi connectivity index (χ1n) is 4.70. The normalized spacial score (nSPS) is 12.9. The minimum atomic E-state index is -5.89. The second-order valence-corrected chi connectivity index (χ2v) is 4.46. The number of halogens is 5.